The predicted molar refractivity (Wildman–Crippen MR) is 63.5 cm³/mol. The molecule has 1 amide bonds. The van der Waals surface area contributed by atoms with Crippen LogP contribution in [0.3, 0.4) is 0 Å². The van der Waals surface area contributed by atoms with E-state index in [0.29, 0.717) is 24.2 Å². The highest BCUT2D eigenvalue weighted by Gasteiger charge is 2.38. The molecule has 1 N–H and O–H groups in total. The van der Waals surface area contributed by atoms with E-state index in [0.717, 1.165) is 45.2 Å². The third-order valence-corrected chi connectivity index (χ3v) is 4.57. The Bertz CT molecular complexity index is 342. The Balaban J connectivity index is 1.64. The van der Waals surface area contributed by atoms with E-state index in [4.69, 9.17) is 0 Å². The molecule has 4 heteroatoms. The summed E-state index contributed by atoms with van der Waals surface area (Å²) in [5.74, 6) is 1.20. The summed E-state index contributed by atoms with van der Waals surface area (Å²) < 4.78 is 0. The number of likely N-dealkylation sites (tertiary alicyclic amines) is 1. The van der Waals surface area contributed by atoms with Crippen LogP contribution in [0.1, 0.15) is 38.5 Å². The van der Waals surface area contributed by atoms with Crippen LogP contribution >= 0.6 is 0 Å². The molecule has 3 unspecified atom stereocenters. The first-order chi connectivity index (χ1) is 8.24. The van der Waals surface area contributed by atoms with E-state index in [9.17, 15) is 9.59 Å². The zero-order chi connectivity index (χ0) is 11.8. The zero-order valence-corrected chi connectivity index (χ0v) is 10.2. The van der Waals surface area contributed by atoms with Crippen molar-refractivity contribution in [1.82, 2.24) is 10.2 Å². The van der Waals surface area contributed by atoms with Crippen molar-refractivity contribution in [3.05, 3.63) is 0 Å². The Labute approximate surface area is 102 Å². The second-order valence-corrected chi connectivity index (χ2v) is 5.63. The number of nitrogens with zero attached hydrogens (tertiary/aromatic N) is 1. The molecule has 1 saturated carbocycles. The standard InChI is InChI=1S/C13H20N2O2/c16-12-3-1-2-11(12)15-7-6-10-9(8-15)4-5-13(17)14-10/h9-11H,1-8H2,(H,14,17). The molecule has 0 spiro atoms. The fraction of sp³-hybridized carbons (Fsp3) is 0.846. The average Bonchev–Trinajstić information content (AvgIpc) is 2.75. The molecule has 0 radical (unpaired) electrons. The molecule has 2 heterocycles. The van der Waals surface area contributed by atoms with Gasteiger partial charge in [-0.1, -0.05) is 0 Å². The van der Waals surface area contributed by atoms with Crippen molar-refractivity contribution < 1.29 is 9.59 Å². The van der Waals surface area contributed by atoms with Gasteiger partial charge in [-0.05, 0) is 31.6 Å². The van der Waals surface area contributed by atoms with E-state index in [1.807, 2.05) is 0 Å². The van der Waals surface area contributed by atoms with Gasteiger partial charge >= 0.3 is 0 Å². The molecule has 3 rings (SSSR count). The Morgan fingerprint density at radius 2 is 2.00 bits per heavy atom. The fourth-order valence-corrected chi connectivity index (χ4v) is 3.60. The zero-order valence-electron chi connectivity index (χ0n) is 10.2. The number of hydrogen-bond donors (Lipinski definition) is 1. The number of ketones is 1. The highest BCUT2D eigenvalue weighted by atomic mass is 16.1. The number of nitrogens with one attached hydrogen (secondary N) is 1. The highest BCUT2D eigenvalue weighted by molar-refractivity contribution is 5.86. The molecule has 0 aromatic heterocycles. The smallest absolute Gasteiger partial charge is 0.220 e. The van der Waals surface area contributed by atoms with Crippen LogP contribution in [0.15, 0.2) is 0 Å². The molecule has 3 aliphatic rings. The minimum atomic E-state index is 0.188. The molecule has 94 valence electrons. The Kier molecular flexibility index (Phi) is 2.90. The molecular weight excluding hydrogens is 216 g/mol. The van der Waals surface area contributed by atoms with Crippen LogP contribution < -0.4 is 5.32 Å². The maximum atomic E-state index is 11.8. The minimum absolute atomic E-state index is 0.188. The normalized spacial score (nSPS) is 38.9. The molecule has 17 heavy (non-hydrogen) atoms. The number of Topliss-reactive ketones (excluding diaryl/α,β-unsaturated/α-hetero) is 1. The van der Waals surface area contributed by atoms with Crippen molar-refractivity contribution in [2.75, 3.05) is 13.1 Å². The van der Waals surface area contributed by atoms with Gasteiger partial charge in [-0.25, -0.2) is 0 Å². The van der Waals surface area contributed by atoms with Crippen molar-refractivity contribution >= 4 is 11.7 Å². The number of piperidine rings is 2. The SMILES string of the molecule is O=C1CCC2CN(C3CCCC3=O)CCC2N1. The van der Waals surface area contributed by atoms with Crippen molar-refractivity contribution in [2.24, 2.45) is 5.92 Å². The number of rotatable bonds is 1. The first-order valence-electron chi connectivity index (χ1n) is 6.80. The number of amides is 1. The average molecular weight is 236 g/mol. The molecule has 0 bridgehead atoms. The molecular formula is C13H20N2O2. The number of fused-ring (bicyclic) bond motifs is 1. The van der Waals surface area contributed by atoms with Crippen molar-refractivity contribution in [3.8, 4) is 0 Å². The Hall–Kier alpha value is -0.900. The van der Waals surface area contributed by atoms with Crippen molar-refractivity contribution in [1.29, 1.82) is 0 Å². The summed E-state index contributed by atoms with van der Waals surface area (Å²) in [4.78, 5) is 25.5. The van der Waals surface area contributed by atoms with Gasteiger partial charge in [-0.3, -0.25) is 14.5 Å². The van der Waals surface area contributed by atoms with Gasteiger partial charge in [-0.15, -0.1) is 0 Å². The number of carbonyl (C=O) groups excluding carboxylic acids is 2. The fourth-order valence-electron chi connectivity index (χ4n) is 3.60. The van der Waals surface area contributed by atoms with Crippen molar-refractivity contribution in [3.63, 3.8) is 0 Å². The summed E-state index contributed by atoms with van der Waals surface area (Å²) in [5, 5.41) is 3.09. The molecule has 3 fully saturated rings. The second kappa shape index (κ2) is 4.41. The van der Waals surface area contributed by atoms with E-state index in [-0.39, 0.29) is 11.9 Å². The van der Waals surface area contributed by atoms with E-state index in [1.165, 1.54) is 0 Å². The monoisotopic (exact) mass is 236 g/mol. The molecule has 1 aliphatic carbocycles. The first kappa shape index (κ1) is 11.2. The van der Waals surface area contributed by atoms with Gasteiger partial charge in [0.1, 0.15) is 5.78 Å². The van der Waals surface area contributed by atoms with E-state index < -0.39 is 0 Å². The van der Waals surface area contributed by atoms with Crippen LogP contribution in [-0.2, 0) is 9.59 Å². The largest absolute Gasteiger partial charge is 0.353 e. The minimum Gasteiger partial charge on any atom is -0.353 e. The van der Waals surface area contributed by atoms with Crippen LogP contribution in [-0.4, -0.2) is 41.8 Å². The van der Waals surface area contributed by atoms with Crippen LogP contribution in [0.5, 0.6) is 0 Å². The van der Waals surface area contributed by atoms with Gasteiger partial charge in [-0.2, -0.15) is 0 Å². The Morgan fingerprint density at radius 1 is 1.12 bits per heavy atom. The van der Waals surface area contributed by atoms with Gasteiger partial charge in [0.05, 0.1) is 6.04 Å². The lowest BCUT2D eigenvalue weighted by Crippen LogP contribution is -2.56. The maximum Gasteiger partial charge on any atom is 0.220 e. The predicted octanol–water partition coefficient (Wildman–Crippen LogP) is 0.709. The van der Waals surface area contributed by atoms with Gasteiger partial charge in [0.2, 0.25) is 5.91 Å². The quantitative estimate of drug-likeness (QED) is 0.729. The lowest BCUT2D eigenvalue weighted by atomic mass is 9.84. The third kappa shape index (κ3) is 2.10. The lowest BCUT2D eigenvalue weighted by molar-refractivity contribution is -0.127. The summed E-state index contributed by atoms with van der Waals surface area (Å²) in [6.07, 6.45) is 5.54. The summed E-state index contributed by atoms with van der Waals surface area (Å²) in [7, 11) is 0. The number of carbonyl (C=O) groups is 2. The first-order valence-corrected chi connectivity index (χ1v) is 6.80. The highest BCUT2D eigenvalue weighted by Crippen LogP contribution is 2.29. The number of hydrogen-bond acceptors (Lipinski definition) is 3. The van der Waals surface area contributed by atoms with Crippen LogP contribution in [0, 0.1) is 5.92 Å². The van der Waals surface area contributed by atoms with Crippen LogP contribution in [0.4, 0.5) is 0 Å². The van der Waals surface area contributed by atoms with E-state index >= 15 is 0 Å². The third-order valence-electron chi connectivity index (χ3n) is 4.57. The Morgan fingerprint density at radius 3 is 2.76 bits per heavy atom. The van der Waals surface area contributed by atoms with Gasteiger partial charge in [0, 0.05) is 32.0 Å². The summed E-state index contributed by atoms with van der Waals surface area (Å²) in [5.41, 5.74) is 0. The summed E-state index contributed by atoms with van der Waals surface area (Å²) in [6, 6.07) is 0.553. The topological polar surface area (TPSA) is 49.4 Å². The van der Waals surface area contributed by atoms with E-state index in [1.54, 1.807) is 0 Å². The molecule has 3 atom stereocenters. The van der Waals surface area contributed by atoms with E-state index in [2.05, 4.69) is 10.2 Å². The molecule has 0 aromatic rings. The van der Waals surface area contributed by atoms with Gasteiger partial charge in [0.25, 0.3) is 0 Å². The van der Waals surface area contributed by atoms with Gasteiger partial charge in [0.15, 0.2) is 0 Å². The lowest BCUT2D eigenvalue weighted by Gasteiger charge is -2.43. The molecule has 2 aliphatic heterocycles. The maximum absolute atomic E-state index is 11.8. The molecule has 2 saturated heterocycles. The van der Waals surface area contributed by atoms with Crippen LogP contribution in [0.2, 0.25) is 0 Å². The summed E-state index contributed by atoms with van der Waals surface area (Å²) >= 11 is 0. The van der Waals surface area contributed by atoms with Gasteiger partial charge < -0.3 is 5.32 Å². The van der Waals surface area contributed by atoms with Crippen LogP contribution in [0.25, 0.3) is 0 Å². The molecule has 0 aromatic carbocycles. The summed E-state index contributed by atoms with van der Waals surface area (Å²) in [6.45, 7) is 1.97. The second-order valence-electron chi connectivity index (χ2n) is 5.63. The van der Waals surface area contributed by atoms with Crippen molar-refractivity contribution in [2.45, 2.75) is 50.6 Å². The molecule has 4 nitrogen and oxygen atoms in total.